The number of alkyl halides is 3. The molecule has 0 bridgehead atoms. The summed E-state index contributed by atoms with van der Waals surface area (Å²) >= 11 is 0. The lowest BCUT2D eigenvalue weighted by Gasteiger charge is -2.28. The largest absolute Gasteiger partial charge is 0.497 e. The van der Waals surface area contributed by atoms with Crippen molar-refractivity contribution in [2.45, 2.75) is 50.8 Å². The van der Waals surface area contributed by atoms with E-state index in [0.717, 1.165) is 49.1 Å². The number of carbonyl (C=O) groups excluding carboxylic acids is 1. The summed E-state index contributed by atoms with van der Waals surface area (Å²) in [5.74, 6) is 1.75. The van der Waals surface area contributed by atoms with Crippen molar-refractivity contribution in [1.29, 1.82) is 0 Å². The van der Waals surface area contributed by atoms with Crippen LogP contribution in [0.4, 0.5) is 13.2 Å². The molecule has 156 valence electrons. The molecule has 1 aliphatic rings. The second kappa shape index (κ2) is 9.33. The second-order valence-electron chi connectivity index (χ2n) is 7.55. The number of hydrogen-bond donors (Lipinski definition) is 0. The molecule has 0 aromatic heterocycles. The fraction of sp³-hybridized carbons (Fsp3) is 0.435. The first-order valence-corrected chi connectivity index (χ1v) is 9.82. The van der Waals surface area contributed by atoms with Crippen LogP contribution < -0.4 is 9.47 Å². The lowest BCUT2D eigenvalue weighted by atomic mass is 9.83. The average Bonchev–Trinajstić information content (AvgIpc) is 2.69. The summed E-state index contributed by atoms with van der Waals surface area (Å²) in [7, 11) is 1.60. The molecule has 1 aliphatic carbocycles. The van der Waals surface area contributed by atoms with Gasteiger partial charge in [-0.2, -0.15) is 13.2 Å². The normalized spacial score (nSPS) is 19.6. The van der Waals surface area contributed by atoms with E-state index in [1.165, 1.54) is 12.1 Å². The van der Waals surface area contributed by atoms with Crippen molar-refractivity contribution in [1.82, 2.24) is 0 Å². The lowest BCUT2D eigenvalue weighted by Crippen LogP contribution is -2.25. The topological polar surface area (TPSA) is 35.5 Å². The first kappa shape index (κ1) is 21.2. The Morgan fingerprint density at radius 1 is 1.00 bits per heavy atom. The number of Topliss-reactive ketones (excluding diaryl/α,β-unsaturated/α-hetero) is 1. The summed E-state index contributed by atoms with van der Waals surface area (Å²) in [6.45, 7) is 0. The van der Waals surface area contributed by atoms with E-state index in [2.05, 4.69) is 0 Å². The van der Waals surface area contributed by atoms with Crippen molar-refractivity contribution in [2.24, 2.45) is 5.92 Å². The SMILES string of the molecule is COc1cccc(CC(=O)CC2CCC(Oc3ccc(C(F)(F)F)cc3)CC2)c1. The van der Waals surface area contributed by atoms with E-state index in [1.54, 1.807) is 7.11 Å². The molecular formula is C23H25F3O3. The first-order chi connectivity index (χ1) is 13.8. The summed E-state index contributed by atoms with van der Waals surface area (Å²) in [5, 5.41) is 0. The molecule has 29 heavy (non-hydrogen) atoms. The average molecular weight is 406 g/mol. The van der Waals surface area contributed by atoms with Crippen molar-refractivity contribution in [2.75, 3.05) is 7.11 Å². The minimum atomic E-state index is -4.34. The molecule has 0 saturated heterocycles. The van der Waals surface area contributed by atoms with Gasteiger partial charge in [0.1, 0.15) is 17.3 Å². The quantitative estimate of drug-likeness (QED) is 0.578. The molecule has 0 aliphatic heterocycles. The molecule has 3 rings (SSSR count). The summed E-state index contributed by atoms with van der Waals surface area (Å²) in [4.78, 5) is 12.4. The molecule has 0 radical (unpaired) electrons. The van der Waals surface area contributed by atoms with Crippen molar-refractivity contribution in [3.63, 3.8) is 0 Å². The Balaban J connectivity index is 1.43. The molecular weight excluding hydrogens is 381 g/mol. The van der Waals surface area contributed by atoms with Crippen molar-refractivity contribution in [3.05, 3.63) is 59.7 Å². The van der Waals surface area contributed by atoms with Crippen LogP contribution in [0.5, 0.6) is 11.5 Å². The summed E-state index contributed by atoms with van der Waals surface area (Å²) < 4.78 is 48.9. The van der Waals surface area contributed by atoms with Gasteiger partial charge in [-0.25, -0.2) is 0 Å². The fourth-order valence-corrected chi connectivity index (χ4v) is 3.77. The number of carbonyl (C=O) groups is 1. The molecule has 0 heterocycles. The van der Waals surface area contributed by atoms with Crippen LogP contribution in [0, 0.1) is 5.92 Å². The molecule has 0 atom stereocenters. The van der Waals surface area contributed by atoms with Gasteiger partial charge < -0.3 is 9.47 Å². The maximum Gasteiger partial charge on any atom is 0.416 e. The third-order valence-corrected chi connectivity index (χ3v) is 5.33. The van der Waals surface area contributed by atoms with Gasteiger partial charge in [-0.05, 0) is 73.6 Å². The lowest BCUT2D eigenvalue weighted by molar-refractivity contribution is -0.137. The number of rotatable bonds is 7. The van der Waals surface area contributed by atoms with Gasteiger partial charge in [0.25, 0.3) is 0 Å². The zero-order chi connectivity index (χ0) is 20.9. The van der Waals surface area contributed by atoms with Gasteiger partial charge in [-0.1, -0.05) is 12.1 Å². The number of ketones is 1. The molecule has 6 heteroatoms. The van der Waals surface area contributed by atoms with Gasteiger partial charge in [0.05, 0.1) is 18.8 Å². The highest BCUT2D eigenvalue weighted by molar-refractivity contribution is 5.81. The van der Waals surface area contributed by atoms with Crippen molar-refractivity contribution < 1.29 is 27.4 Å². The van der Waals surface area contributed by atoms with Gasteiger partial charge in [0.2, 0.25) is 0 Å². The first-order valence-electron chi connectivity index (χ1n) is 9.82. The van der Waals surface area contributed by atoms with Crippen LogP contribution in [-0.2, 0) is 17.4 Å². The molecule has 0 spiro atoms. The smallest absolute Gasteiger partial charge is 0.416 e. The molecule has 2 aromatic carbocycles. The number of ether oxygens (including phenoxy) is 2. The molecule has 1 fully saturated rings. The third-order valence-electron chi connectivity index (χ3n) is 5.33. The molecule has 1 saturated carbocycles. The number of halogens is 3. The minimum absolute atomic E-state index is 0.0172. The molecule has 0 N–H and O–H groups in total. The van der Waals surface area contributed by atoms with Crippen LogP contribution in [0.2, 0.25) is 0 Å². The Kier molecular flexibility index (Phi) is 6.83. The maximum absolute atomic E-state index is 12.6. The molecule has 2 aromatic rings. The minimum Gasteiger partial charge on any atom is -0.497 e. The molecule has 0 unspecified atom stereocenters. The number of methoxy groups -OCH3 is 1. The van der Waals surface area contributed by atoms with E-state index in [9.17, 15) is 18.0 Å². The number of hydrogen-bond acceptors (Lipinski definition) is 3. The van der Waals surface area contributed by atoms with Gasteiger partial charge in [-0.15, -0.1) is 0 Å². The highest BCUT2D eigenvalue weighted by Gasteiger charge is 2.30. The zero-order valence-electron chi connectivity index (χ0n) is 16.4. The van der Waals surface area contributed by atoms with Crippen LogP contribution in [0.15, 0.2) is 48.5 Å². The van der Waals surface area contributed by atoms with Crippen LogP contribution in [0.25, 0.3) is 0 Å². The predicted molar refractivity (Wildman–Crippen MR) is 104 cm³/mol. The Morgan fingerprint density at radius 2 is 1.69 bits per heavy atom. The standard InChI is InChI=1S/C23H25F3O3/c1-28-22-4-2-3-17(15-22)14-19(27)13-16-5-9-20(10-6-16)29-21-11-7-18(8-12-21)23(24,25)26/h2-4,7-8,11-12,15-16,20H,5-6,9-10,13-14H2,1H3. The van der Waals surface area contributed by atoms with E-state index in [0.29, 0.717) is 24.5 Å². The highest BCUT2D eigenvalue weighted by Crippen LogP contribution is 2.33. The second-order valence-corrected chi connectivity index (χ2v) is 7.55. The van der Waals surface area contributed by atoms with E-state index >= 15 is 0 Å². The van der Waals surface area contributed by atoms with E-state index in [1.807, 2.05) is 24.3 Å². The Hall–Kier alpha value is -2.50. The maximum atomic E-state index is 12.6. The van der Waals surface area contributed by atoms with Crippen LogP contribution >= 0.6 is 0 Å². The molecule has 3 nitrogen and oxygen atoms in total. The Labute approximate surface area is 168 Å². The zero-order valence-corrected chi connectivity index (χ0v) is 16.4. The van der Waals surface area contributed by atoms with Gasteiger partial charge >= 0.3 is 6.18 Å². The fourth-order valence-electron chi connectivity index (χ4n) is 3.77. The van der Waals surface area contributed by atoms with E-state index < -0.39 is 11.7 Å². The van der Waals surface area contributed by atoms with Crippen LogP contribution in [0.3, 0.4) is 0 Å². The highest BCUT2D eigenvalue weighted by atomic mass is 19.4. The van der Waals surface area contributed by atoms with E-state index in [-0.39, 0.29) is 11.9 Å². The Morgan fingerprint density at radius 3 is 2.31 bits per heavy atom. The van der Waals surface area contributed by atoms with E-state index in [4.69, 9.17) is 9.47 Å². The van der Waals surface area contributed by atoms with Crippen LogP contribution in [-0.4, -0.2) is 19.0 Å². The monoisotopic (exact) mass is 406 g/mol. The number of benzene rings is 2. The van der Waals surface area contributed by atoms with Crippen molar-refractivity contribution >= 4 is 5.78 Å². The Bertz CT molecular complexity index is 807. The van der Waals surface area contributed by atoms with Gasteiger partial charge in [0.15, 0.2) is 0 Å². The van der Waals surface area contributed by atoms with Crippen LogP contribution in [0.1, 0.15) is 43.2 Å². The predicted octanol–water partition coefficient (Wildman–Crippen LogP) is 5.85. The summed E-state index contributed by atoms with van der Waals surface area (Å²) in [5.41, 5.74) is 0.275. The van der Waals surface area contributed by atoms with Crippen molar-refractivity contribution in [3.8, 4) is 11.5 Å². The summed E-state index contributed by atoms with van der Waals surface area (Å²) in [6, 6.07) is 12.4. The third kappa shape index (κ3) is 6.24. The van der Waals surface area contributed by atoms with Gasteiger partial charge in [0, 0.05) is 12.8 Å². The van der Waals surface area contributed by atoms with Gasteiger partial charge in [-0.3, -0.25) is 4.79 Å². The summed E-state index contributed by atoms with van der Waals surface area (Å²) in [6.07, 6.45) is -0.0331. The molecule has 0 amide bonds.